The van der Waals surface area contributed by atoms with Gasteiger partial charge in [-0.15, -0.1) is 0 Å². The van der Waals surface area contributed by atoms with Crippen LogP contribution in [0.2, 0.25) is 0 Å². The zero-order valence-electron chi connectivity index (χ0n) is 12.5. The number of nitrogens with zero attached hydrogens (tertiary/aromatic N) is 1. The number of benzene rings is 2. The number of aliphatic carboxylic acids is 1. The Kier molecular flexibility index (Phi) is 5.12. The smallest absolute Gasteiger partial charge is 0.303 e. The lowest BCUT2D eigenvalue weighted by Crippen LogP contribution is -2.21. The number of carbonyl (C=O) groups is 1. The van der Waals surface area contributed by atoms with Gasteiger partial charge in [0, 0.05) is 12.5 Å². The largest absolute Gasteiger partial charge is 0.481 e. The van der Waals surface area contributed by atoms with Gasteiger partial charge < -0.3 is 10.0 Å². The fourth-order valence-corrected chi connectivity index (χ4v) is 2.62. The van der Waals surface area contributed by atoms with E-state index in [0.29, 0.717) is 6.42 Å². The standard InChI is InChI=1S/C18H21NO2/c1-19(2)17(12-13-18(20)21)16-11-7-6-10-15(16)14-8-4-3-5-9-14/h3-11,17H,12-13H2,1-2H3,(H,20,21). The number of carboxylic acid groups (broad SMARTS) is 1. The minimum Gasteiger partial charge on any atom is -0.481 e. The maximum absolute atomic E-state index is 10.9. The van der Waals surface area contributed by atoms with Gasteiger partial charge in [0.15, 0.2) is 0 Å². The Hall–Kier alpha value is -2.13. The lowest BCUT2D eigenvalue weighted by atomic mass is 9.92. The summed E-state index contributed by atoms with van der Waals surface area (Å²) in [7, 11) is 3.99. The summed E-state index contributed by atoms with van der Waals surface area (Å²) < 4.78 is 0. The molecule has 110 valence electrons. The van der Waals surface area contributed by atoms with Gasteiger partial charge in [-0.1, -0.05) is 54.6 Å². The molecular weight excluding hydrogens is 262 g/mol. The quantitative estimate of drug-likeness (QED) is 0.876. The van der Waals surface area contributed by atoms with Crippen molar-refractivity contribution in [3.8, 4) is 11.1 Å². The highest BCUT2D eigenvalue weighted by molar-refractivity contribution is 5.69. The van der Waals surface area contributed by atoms with E-state index in [1.807, 2.05) is 44.4 Å². The summed E-state index contributed by atoms with van der Waals surface area (Å²) in [5, 5.41) is 8.96. The fraction of sp³-hybridized carbons (Fsp3) is 0.278. The van der Waals surface area contributed by atoms with Gasteiger partial charge in [-0.3, -0.25) is 4.79 Å². The van der Waals surface area contributed by atoms with Gasteiger partial charge in [0.25, 0.3) is 0 Å². The molecule has 1 atom stereocenters. The second-order valence-corrected chi connectivity index (χ2v) is 5.37. The summed E-state index contributed by atoms with van der Waals surface area (Å²) in [6.07, 6.45) is 0.776. The van der Waals surface area contributed by atoms with Crippen molar-refractivity contribution < 1.29 is 9.90 Å². The average Bonchev–Trinajstić information content (AvgIpc) is 2.48. The number of carboxylic acids is 1. The Balaban J connectivity index is 2.39. The van der Waals surface area contributed by atoms with E-state index in [0.717, 1.165) is 5.56 Å². The highest BCUT2D eigenvalue weighted by Crippen LogP contribution is 2.32. The maximum atomic E-state index is 10.9. The molecule has 0 heterocycles. The zero-order valence-corrected chi connectivity index (χ0v) is 12.5. The summed E-state index contributed by atoms with van der Waals surface area (Å²) in [4.78, 5) is 13.0. The highest BCUT2D eigenvalue weighted by Gasteiger charge is 2.19. The molecule has 3 heteroatoms. The van der Waals surface area contributed by atoms with E-state index >= 15 is 0 Å². The molecule has 1 N–H and O–H groups in total. The molecule has 0 fully saturated rings. The van der Waals surface area contributed by atoms with Crippen LogP contribution in [0.1, 0.15) is 24.4 Å². The second kappa shape index (κ2) is 7.04. The first-order valence-electron chi connectivity index (χ1n) is 7.12. The molecular formula is C18H21NO2. The fourth-order valence-electron chi connectivity index (χ4n) is 2.62. The van der Waals surface area contributed by atoms with E-state index in [1.165, 1.54) is 11.1 Å². The molecule has 1 unspecified atom stereocenters. The molecule has 0 aliphatic rings. The van der Waals surface area contributed by atoms with Crippen molar-refractivity contribution in [1.29, 1.82) is 0 Å². The third-order valence-electron chi connectivity index (χ3n) is 3.66. The Bertz CT molecular complexity index is 593. The first-order valence-corrected chi connectivity index (χ1v) is 7.12. The van der Waals surface area contributed by atoms with Crippen LogP contribution in [0.4, 0.5) is 0 Å². The van der Waals surface area contributed by atoms with Crippen LogP contribution in [0.25, 0.3) is 11.1 Å². The summed E-state index contributed by atoms with van der Waals surface area (Å²) in [5.74, 6) is -0.751. The van der Waals surface area contributed by atoms with Crippen LogP contribution in [0, 0.1) is 0 Å². The molecule has 0 aliphatic heterocycles. The van der Waals surface area contributed by atoms with Gasteiger partial charge in [0.05, 0.1) is 0 Å². The summed E-state index contributed by atoms with van der Waals surface area (Å²) in [6, 6.07) is 18.5. The van der Waals surface area contributed by atoms with Crippen LogP contribution in [0.3, 0.4) is 0 Å². The molecule has 0 spiro atoms. The van der Waals surface area contributed by atoms with Crippen LogP contribution in [0.15, 0.2) is 54.6 Å². The van der Waals surface area contributed by atoms with Gasteiger partial charge >= 0.3 is 5.97 Å². The summed E-state index contributed by atoms with van der Waals surface area (Å²) in [6.45, 7) is 0. The molecule has 0 saturated heterocycles. The predicted molar refractivity (Wildman–Crippen MR) is 85.2 cm³/mol. The Morgan fingerprint density at radius 2 is 1.67 bits per heavy atom. The number of hydrogen-bond acceptors (Lipinski definition) is 2. The van der Waals surface area contributed by atoms with Crippen molar-refractivity contribution in [3.05, 3.63) is 60.2 Å². The normalized spacial score (nSPS) is 12.3. The van der Waals surface area contributed by atoms with Gasteiger partial charge in [-0.25, -0.2) is 0 Å². The minimum atomic E-state index is -0.751. The minimum absolute atomic E-state index is 0.0949. The molecule has 0 saturated carbocycles. The molecule has 2 aromatic carbocycles. The van der Waals surface area contributed by atoms with Crippen molar-refractivity contribution in [2.45, 2.75) is 18.9 Å². The Morgan fingerprint density at radius 3 is 2.29 bits per heavy atom. The van der Waals surface area contributed by atoms with Crippen molar-refractivity contribution in [2.24, 2.45) is 0 Å². The first-order chi connectivity index (χ1) is 10.1. The maximum Gasteiger partial charge on any atom is 0.303 e. The van der Waals surface area contributed by atoms with Crippen LogP contribution in [0.5, 0.6) is 0 Å². The highest BCUT2D eigenvalue weighted by atomic mass is 16.4. The molecule has 0 aliphatic carbocycles. The predicted octanol–water partition coefficient (Wildman–Crippen LogP) is 3.82. The molecule has 2 aromatic rings. The van der Waals surface area contributed by atoms with Gasteiger partial charge in [-0.05, 0) is 37.2 Å². The molecule has 0 aromatic heterocycles. The van der Waals surface area contributed by atoms with Crippen LogP contribution in [-0.2, 0) is 4.79 Å². The molecule has 0 radical (unpaired) electrons. The lowest BCUT2D eigenvalue weighted by Gasteiger charge is -2.26. The van der Waals surface area contributed by atoms with E-state index in [1.54, 1.807) is 0 Å². The van der Waals surface area contributed by atoms with E-state index in [-0.39, 0.29) is 12.5 Å². The van der Waals surface area contributed by atoms with Crippen molar-refractivity contribution in [3.63, 3.8) is 0 Å². The van der Waals surface area contributed by atoms with Crippen LogP contribution >= 0.6 is 0 Å². The monoisotopic (exact) mass is 283 g/mol. The molecule has 3 nitrogen and oxygen atoms in total. The van der Waals surface area contributed by atoms with Gasteiger partial charge in [0.1, 0.15) is 0 Å². The van der Waals surface area contributed by atoms with Gasteiger partial charge in [0.2, 0.25) is 0 Å². The van der Waals surface area contributed by atoms with E-state index in [9.17, 15) is 4.79 Å². The Morgan fingerprint density at radius 1 is 1.05 bits per heavy atom. The van der Waals surface area contributed by atoms with Crippen molar-refractivity contribution in [2.75, 3.05) is 14.1 Å². The number of rotatable bonds is 6. The lowest BCUT2D eigenvalue weighted by molar-refractivity contribution is -0.137. The molecule has 0 amide bonds. The van der Waals surface area contributed by atoms with Crippen molar-refractivity contribution >= 4 is 5.97 Å². The number of hydrogen-bond donors (Lipinski definition) is 1. The first kappa shape index (κ1) is 15.3. The van der Waals surface area contributed by atoms with E-state index < -0.39 is 5.97 Å². The second-order valence-electron chi connectivity index (χ2n) is 5.37. The SMILES string of the molecule is CN(C)C(CCC(=O)O)c1ccccc1-c1ccccc1. The molecule has 2 rings (SSSR count). The zero-order chi connectivity index (χ0) is 15.2. The average molecular weight is 283 g/mol. The molecule has 21 heavy (non-hydrogen) atoms. The van der Waals surface area contributed by atoms with Gasteiger partial charge in [-0.2, -0.15) is 0 Å². The molecule has 0 bridgehead atoms. The van der Waals surface area contributed by atoms with E-state index in [4.69, 9.17) is 5.11 Å². The van der Waals surface area contributed by atoms with E-state index in [2.05, 4.69) is 29.2 Å². The summed E-state index contributed by atoms with van der Waals surface area (Å²) >= 11 is 0. The third-order valence-corrected chi connectivity index (χ3v) is 3.66. The topological polar surface area (TPSA) is 40.5 Å². The summed E-state index contributed by atoms with van der Waals surface area (Å²) in [5.41, 5.74) is 3.51. The van der Waals surface area contributed by atoms with Crippen molar-refractivity contribution in [1.82, 2.24) is 4.90 Å². The Labute approximate surface area is 125 Å². The van der Waals surface area contributed by atoms with Crippen LogP contribution < -0.4 is 0 Å². The van der Waals surface area contributed by atoms with Crippen LogP contribution in [-0.4, -0.2) is 30.1 Å². The third kappa shape index (κ3) is 3.92.